The molecule has 5 atom stereocenters. The van der Waals surface area contributed by atoms with Crippen LogP contribution in [0.15, 0.2) is 94.8 Å². The molecule has 1 unspecified atom stereocenters. The van der Waals surface area contributed by atoms with E-state index in [-0.39, 0.29) is 11.9 Å². The third kappa shape index (κ3) is 18.1. The highest BCUT2D eigenvalue weighted by atomic mass is 31.2. The highest BCUT2D eigenvalue weighted by molar-refractivity contribution is 7.53. The third-order valence-corrected chi connectivity index (χ3v) is 10.7. The van der Waals surface area contributed by atoms with E-state index in [1.54, 1.807) is 0 Å². The zero-order valence-corrected chi connectivity index (χ0v) is 32.8. The molecule has 2 heterocycles. The molecule has 1 aliphatic rings. The number of ketones is 1. The molecule has 1 aromatic heterocycles. The number of aliphatic hydroxyl groups is 1. The molecular weight excluding hydrogens is 700 g/mol. The Kier molecular flexibility index (Phi) is 22.3. The molecule has 53 heavy (non-hydrogen) atoms. The van der Waals surface area contributed by atoms with Crippen molar-refractivity contribution in [2.45, 2.75) is 109 Å². The van der Waals surface area contributed by atoms with Crippen LogP contribution in [-0.2, 0) is 23.1 Å². The first-order chi connectivity index (χ1) is 25.4. The predicted molar refractivity (Wildman–Crippen MR) is 210 cm³/mol. The molecule has 2 rings (SSSR count). The molecule has 0 aromatic carbocycles. The molecule has 0 saturated carbocycles. The summed E-state index contributed by atoms with van der Waals surface area (Å²) in [6.07, 6.45) is 31.3. The second kappa shape index (κ2) is 25.7. The zero-order valence-electron chi connectivity index (χ0n) is 31.9. The van der Waals surface area contributed by atoms with Crippen LogP contribution in [0.2, 0.25) is 0 Å². The number of H-pyrrole nitrogens is 1. The van der Waals surface area contributed by atoms with Crippen LogP contribution in [0.5, 0.6) is 0 Å². The van der Waals surface area contributed by atoms with Crippen molar-refractivity contribution in [2.24, 2.45) is 0 Å². The van der Waals surface area contributed by atoms with E-state index >= 15 is 4.39 Å². The predicted octanol–water partition coefficient (Wildman–Crippen LogP) is 7.53. The molecule has 0 bridgehead atoms. The summed E-state index contributed by atoms with van der Waals surface area (Å²) in [6, 6.07) is 1.04. The normalized spacial score (nSPS) is 22.3. The van der Waals surface area contributed by atoms with Gasteiger partial charge in [0, 0.05) is 32.2 Å². The van der Waals surface area contributed by atoms with Crippen molar-refractivity contribution in [2.75, 3.05) is 40.0 Å². The minimum absolute atomic E-state index is 0.0806. The van der Waals surface area contributed by atoms with Crippen LogP contribution in [-0.4, -0.2) is 83.2 Å². The molecule has 2 N–H and O–H groups in total. The number of alkyl halides is 1. The summed E-state index contributed by atoms with van der Waals surface area (Å²) in [4.78, 5) is 40.0. The van der Waals surface area contributed by atoms with E-state index in [4.69, 9.17) is 13.8 Å². The van der Waals surface area contributed by atoms with Gasteiger partial charge in [-0.2, -0.15) is 0 Å². The SMILES string of the molecule is CC/C=C\C/C=C\C/C=C\C/C=C\C/C=C\C/C=C\CCC(=O)CCCN(C)CCCP(=O)(OC)OC[C@H]1O[C@@H](n2ccc(=O)[nH]c2=O)[C@](C)(F)[C@@H]1O. The largest absolute Gasteiger partial charge is 0.387 e. The number of carbonyl (C=O) groups is 1. The second-order valence-electron chi connectivity index (χ2n) is 13.2. The number of nitrogens with zero attached hydrogens (tertiary/aromatic N) is 2. The standard InChI is InChI=1S/C40H61FN3O8P/c1-5-6-7-8-9-10-11-12-13-14-15-16-17-18-19-20-21-22-23-26-34(45)27-24-29-43(3)30-25-32-53(49,50-4)51-33-35-37(47)40(2,41)38(52-35)44-31-28-36(46)42-39(44)48/h6-7,9-10,12-13,15-16,18-19,21-22,28,31,35,37-38,47H,5,8,11,14,17,20,23-27,29-30,32-33H2,1-4H3,(H,42,46,48)/b7-6-,10-9-,13-12-,16-15-,19-18-,22-21-/t35-,37-,38-,40-,53?/m1/s1. The van der Waals surface area contributed by atoms with Crippen molar-refractivity contribution in [1.82, 2.24) is 14.5 Å². The van der Waals surface area contributed by atoms with Gasteiger partial charge in [-0.25, -0.2) is 9.18 Å². The third-order valence-electron chi connectivity index (χ3n) is 8.69. The Morgan fingerprint density at radius 3 is 2.06 bits per heavy atom. The minimum Gasteiger partial charge on any atom is -0.387 e. The number of nitrogens with one attached hydrogen (secondary N) is 1. The average Bonchev–Trinajstić information content (AvgIpc) is 3.35. The number of carbonyl (C=O) groups excluding carboxylic acids is 1. The van der Waals surface area contributed by atoms with Crippen LogP contribution in [0.3, 0.4) is 0 Å². The van der Waals surface area contributed by atoms with Gasteiger partial charge in [-0.1, -0.05) is 79.8 Å². The first-order valence-electron chi connectivity index (χ1n) is 18.7. The summed E-state index contributed by atoms with van der Waals surface area (Å²) in [7, 11) is -0.420. The van der Waals surface area contributed by atoms with Gasteiger partial charge in [0.05, 0.1) is 12.8 Å². The first kappa shape index (κ1) is 45.9. The van der Waals surface area contributed by atoms with Gasteiger partial charge in [-0.05, 0) is 84.8 Å². The molecule has 1 aromatic rings. The summed E-state index contributed by atoms with van der Waals surface area (Å²) >= 11 is 0. The van der Waals surface area contributed by atoms with Crippen molar-refractivity contribution >= 4 is 13.4 Å². The summed E-state index contributed by atoms with van der Waals surface area (Å²) in [5, 5.41) is 10.6. The Morgan fingerprint density at radius 1 is 0.962 bits per heavy atom. The monoisotopic (exact) mass is 761 g/mol. The fraction of sp³-hybridized carbons (Fsp3) is 0.575. The maximum absolute atomic E-state index is 15.4. The molecule has 0 amide bonds. The number of hydrogen-bond donors (Lipinski definition) is 2. The van der Waals surface area contributed by atoms with Crippen LogP contribution >= 0.6 is 7.60 Å². The first-order valence-corrected chi connectivity index (χ1v) is 20.4. The van der Waals surface area contributed by atoms with E-state index in [1.165, 1.54) is 7.11 Å². The molecular formula is C40H61FN3O8P. The number of rotatable bonds is 27. The van der Waals surface area contributed by atoms with Crippen molar-refractivity contribution in [3.63, 3.8) is 0 Å². The number of halogens is 1. The van der Waals surface area contributed by atoms with Crippen molar-refractivity contribution in [1.29, 1.82) is 0 Å². The highest BCUT2D eigenvalue weighted by Gasteiger charge is 2.55. The van der Waals surface area contributed by atoms with E-state index in [0.29, 0.717) is 32.4 Å². The fourth-order valence-corrected chi connectivity index (χ4v) is 6.88. The maximum Gasteiger partial charge on any atom is 0.330 e. The van der Waals surface area contributed by atoms with Gasteiger partial charge < -0.3 is 23.8 Å². The van der Waals surface area contributed by atoms with E-state index in [0.717, 1.165) is 75.1 Å². The number of allylic oxidation sites excluding steroid dienone is 12. The van der Waals surface area contributed by atoms with Gasteiger partial charge in [-0.15, -0.1) is 0 Å². The lowest BCUT2D eigenvalue weighted by Crippen LogP contribution is -2.43. The molecule has 296 valence electrons. The maximum atomic E-state index is 15.4. The summed E-state index contributed by atoms with van der Waals surface area (Å²) < 4.78 is 45.7. The summed E-state index contributed by atoms with van der Waals surface area (Å²) in [5.74, 6) is 0.226. The van der Waals surface area contributed by atoms with Gasteiger partial charge in [0.15, 0.2) is 11.9 Å². The van der Waals surface area contributed by atoms with E-state index < -0.39 is 49.6 Å². The van der Waals surface area contributed by atoms with Crippen LogP contribution in [0.1, 0.15) is 90.7 Å². The number of Topliss-reactive ketones (excluding diaryl/α,β-unsaturated/α-hetero) is 1. The smallest absolute Gasteiger partial charge is 0.330 e. The number of hydrogen-bond acceptors (Lipinski definition) is 9. The Bertz CT molecular complexity index is 1560. The lowest BCUT2D eigenvalue weighted by Gasteiger charge is -2.24. The van der Waals surface area contributed by atoms with Crippen LogP contribution in [0.4, 0.5) is 4.39 Å². The van der Waals surface area contributed by atoms with Crippen molar-refractivity contribution in [3.8, 4) is 0 Å². The average molecular weight is 762 g/mol. The Morgan fingerprint density at radius 2 is 1.51 bits per heavy atom. The van der Waals surface area contributed by atoms with Gasteiger partial charge in [0.25, 0.3) is 5.56 Å². The lowest BCUT2D eigenvalue weighted by atomic mass is 9.98. The molecule has 1 saturated heterocycles. The van der Waals surface area contributed by atoms with Gasteiger partial charge in [0.2, 0.25) is 0 Å². The van der Waals surface area contributed by atoms with E-state index in [9.17, 15) is 24.1 Å². The molecule has 0 aliphatic carbocycles. The summed E-state index contributed by atoms with van der Waals surface area (Å²) in [6.45, 7) is 4.07. The Balaban J connectivity index is 1.56. The summed E-state index contributed by atoms with van der Waals surface area (Å²) in [5.41, 5.74) is -3.94. The molecule has 11 nitrogen and oxygen atoms in total. The number of aromatic amines is 1. The Labute approximate surface area is 314 Å². The molecule has 0 radical (unpaired) electrons. The van der Waals surface area contributed by atoms with Crippen molar-refractivity contribution < 1.29 is 32.6 Å². The van der Waals surface area contributed by atoms with Crippen LogP contribution in [0, 0.1) is 0 Å². The Hall–Kier alpha value is -3.25. The van der Waals surface area contributed by atoms with Gasteiger partial charge in [0.1, 0.15) is 18.0 Å². The fourth-order valence-electron chi connectivity index (χ4n) is 5.56. The molecule has 1 fully saturated rings. The van der Waals surface area contributed by atoms with E-state index in [2.05, 4.69) is 79.8 Å². The van der Waals surface area contributed by atoms with Crippen LogP contribution in [0.25, 0.3) is 0 Å². The van der Waals surface area contributed by atoms with Crippen molar-refractivity contribution in [3.05, 3.63) is 106 Å². The number of ether oxygens (including phenoxy) is 1. The van der Waals surface area contributed by atoms with E-state index in [1.807, 2.05) is 16.9 Å². The number of aromatic nitrogens is 2. The topological polar surface area (TPSA) is 140 Å². The van der Waals surface area contributed by atoms with Gasteiger partial charge >= 0.3 is 13.3 Å². The highest BCUT2D eigenvalue weighted by Crippen LogP contribution is 2.49. The lowest BCUT2D eigenvalue weighted by molar-refractivity contribution is -0.119. The van der Waals surface area contributed by atoms with Gasteiger partial charge in [-0.3, -0.25) is 23.7 Å². The number of aliphatic hydroxyl groups excluding tert-OH is 1. The second-order valence-corrected chi connectivity index (χ2v) is 15.5. The quantitative estimate of drug-likeness (QED) is 0.0688. The molecule has 1 aliphatic heterocycles. The minimum atomic E-state index is -3.59. The molecule has 13 heteroatoms. The molecule has 0 spiro atoms. The van der Waals surface area contributed by atoms with Crippen LogP contribution < -0.4 is 11.2 Å². The zero-order chi connectivity index (χ0) is 39.0.